The lowest BCUT2D eigenvalue weighted by Crippen LogP contribution is -2.49. The first kappa shape index (κ1) is 19.0. The molecule has 1 heterocycles. The van der Waals surface area contributed by atoms with Crippen LogP contribution in [0.25, 0.3) is 0 Å². The quantitative estimate of drug-likeness (QED) is 0.770. The van der Waals surface area contributed by atoms with Gasteiger partial charge in [0, 0.05) is 18.5 Å². The summed E-state index contributed by atoms with van der Waals surface area (Å²) < 4.78 is 5.61. The number of nitrogens with one attached hydrogen (secondary N) is 1. The highest BCUT2D eigenvalue weighted by molar-refractivity contribution is 6.05. The van der Waals surface area contributed by atoms with E-state index in [4.69, 9.17) is 4.74 Å². The predicted molar refractivity (Wildman–Crippen MR) is 96.0 cm³/mol. The molecular formula is C19H26N2O4. The van der Waals surface area contributed by atoms with Crippen molar-refractivity contribution in [3.05, 3.63) is 23.8 Å². The summed E-state index contributed by atoms with van der Waals surface area (Å²) >= 11 is 0. The number of nitrogens with zero attached hydrogens (tertiary/aromatic N) is 1. The summed E-state index contributed by atoms with van der Waals surface area (Å²) in [5.74, 6) is 0.339. The van der Waals surface area contributed by atoms with Crippen molar-refractivity contribution in [3.63, 3.8) is 0 Å². The van der Waals surface area contributed by atoms with E-state index in [1.165, 1.54) is 4.90 Å². The van der Waals surface area contributed by atoms with Gasteiger partial charge in [-0.3, -0.25) is 19.3 Å². The van der Waals surface area contributed by atoms with Crippen LogP contribution in [0.1, 0.15) is 50.9 Å². The molecule has 25 heavy (non-hydrogen) atoms. The molecule has 6 nitrogen and oxygen atoms in total. The normalized spacial score (nSPS) is 16.4. The van der Waals surface area contributed by atoms with Crippen molar-refractivity contribution in [1.82, 2.24) is 5.32 Å². The van der Waals surface area contributed by atoms with Crippen molar-refractivity contribution in [2.75, 3.05) is 18.0 Å². The number of fused-ring (bicyclic) bond motifs is 1. The standard InChI is InChI=1S/C19H26N2O4/c1-5-6-16(22)14-7-8-17-15(9-14)21(19(24)13(4)25-17)11-18(23)20-10-12(2)3/h7-9,12-13H,5-6,10-11H2,1-4H3,(H,20,23). The minimum Gasteiger partial charge on any atom is -0.479 e. The Morgan fingerprint density at radius 1 is 1.32 bits per heavy atom. The van der Waals surface area contributed by atoms with Crippen molar-refractivity contribution in [1.29, 1.82) is 0 Å². The van der Waals surface area contributed by atoms with Gasteiger partial charge in [0.05, 0.1) is 5.69 Å². The zero-order chi connectivity index (χ0) is 18.6. The lowest BCUT2D eigenvalue weighted by Gasteiger charge is -2.33. The van der Waals surface area contributed by atoms with Crippen LogP contribution in [-0.2, 0) is 9.59 Å². The van der Waals surface area contributed by atoms with Gasteiger partial charge in [-0.05, 0) is 37.5 Å². The van der Waals surface area contributed by atoms with Crippen LogP contribution in [0.4, 0.5) is 5.69 Å². The molecule has 2 rings (SSSR count). The van der Waals surface area contributed by atoms with Gasteiger partial charge in [0.2, 0.25) is 5.91 Å². The van der Waals surface area contributed by atoms with Gasteiger partial charge < -0.3 is 10.1 Å². The fraction of sp³-hybridized carbons (Fsp3) is 0.526. The van der Waals surface area contributed by atoms with E-state index in [2.05, 4.69) is 5.32 Å². The Balaban J connectivity index is 2.27. The van der Waals surface area contributed by atoms with E-state index >= 15 is 0 Å². The summed E-state index contributed by atoms with van der Waals surface area (Å²) in [4.78, 5) is 38.3. The molecule has 0 saturated carbocycles. The summed E-state index contributed by atoms with van der Waals surface area (Å²) in [6.07, 6.45) is 0.533. The molecule has 1 atom stereocenters. The molecular weight excluding hydrogens is 320 g/mol. The number of Topliss-reactive ketones (excluding diaryl/α,β-unsaturated/α-hetero) is 1. The number of carbonyl (C=O) groups is 3. The lowest BCUT2D eigenvalue weighted by molar-refractivity contribution is -0.128. The number of hydrogen-bond acceptors (Lipinski definition) is 4. The first-order chi connectivity index (χ1) is 11.8. The van der Waals surface area contributed by atoms with Crippen molar-refractivity contribution in [2.45, 2.75) is 46.6 Å². The SMILES string of the molecule is CCCC(=O)c1ccc2c(c1)N(CC(=O)NCC(C)C)C(=O)C(C)O2. The molecule has 1 aliphatic heterocycles. The van der Waals surface area contributed by atoms with Crippen LogP contribution >= 0.6 is 0 Å². The largest absolute Gasteiger partial charge is 0.479 e. The molecule has 0 aliphatic carbocycles. The first-order valence-corrected chi connectivity index (χ1v) is 8.75. The molecule has 1 N–H and O–H groups in total. The highest BCUT2D eigenvalue weighted by atomic mass is 16.5. The summed E-state index contributed by atoms with van der Waals surface area (Å²) in [6, 6.07) is 5.05. The number of benzene rings is 1. The minimum absolute atomic E-state index is 0.0144. The Kier molecular flexibility index (Phi) is 6.17. The molecule has 6 heteroatoms. The van der Waals surface area contributed by atoms with Gasteiger partial charge >= 0.3 is 0 Å². The van der Waals surface area contributed by atoms with Gasteiger partial charge in [-0.15, -0.1) is 0 Å². The molecule has 0 aromatic heterocycles. The molecule has 0 fully saturated rings. The molecule has 136 valence electrons. The fourth-order valence-corrected chi connectivity index (χ4v) is 2.63. The third-order valence-electron chi connectivity index (χ3n) is 3.98. The second-order valence-electron chi connectivity index (χ2n) is 6.74. The van der Waals surface area contributed by atoms with Gasteiger partial charge in [-0.25, -0.2) is 0 Å². The maximum atomic E-state index is 12.5. The summed E-state index contributed by atoms with van der Waals surface area (Å²) in [6.45, 7) is 8.06. The number of hydrogen-bond donors (Lipinski definition) is 1. The van der Waals surface area contributed by atoms with Crippen LogP contribution in [-0.4, -0.2) is 36.8 Å². The average molecular weight is 346 g/mol. The van der Waals surface area contributed by atoms with Crippen LogP contribution in [0.3, 0.4) is 0 Å². The molecule has 0 radical (unpaired) electrons. The Hall–Kier alpha value is -2.37. The molecule has 1 aromatic carbocycles. The molecule has 1 unspecified atom stereocenters. The van der Waals surface area contributed by atoms with E-state index in [-0.39, 0.29) is 24.1 Å². The van der Waals surface area contributed by atoms with Gasteiger partial charge in [-0.2, -0.15) is 0 Å². The van der Waals surface area contributed by atoms with Crippen LogP contribution in [0.15, 0.2) is 18.2 Å². The maximum absolute atomic E-state index is 12.5. The highest BCUT2D eigenvalue weighted by Gasteiger charge is 2.33. The van der Waals surface area contributed by atoms with Crippen LogP contribution in [0.2, 0.25) is 0 Å². The Bertz CT molecular complexity index is 669. The second-order valence-corrected chi connectivity index (χ2v) is 6.74. The smallest absolute Gasteiger partial charge is 0.268 e. The highest BCUT2D eigenvalue weighted by Crippen LogP contribution is 2.35. The van der Waals surface area contributed by atoms with Gasteiger partial charge in [0.1, 0.15) is 12.3 Å². The fourth-order valence-electron chi connectivity index (χ4n) is 2.63. The molecule has 2 amide bonds. The summed E-state index contributed by atoms with van der Waals surface area (Å²) in [7, 11) is 0. The van der Waals surface area contributed by atoms with E-state index in [1.54, 1.807) is 25.1 Å². The van der Waals surface area contributed by atoms with Crippen molar-refractivity contribution >= 4 is 23.3 Å². The zero-order valence-corrected chi connectivity index (χ0v) is 15.3. The molecule has 1 aromatic rings. The zero-order valence-electron chi connectivity index (χ0n) is 15.3. The Morgan fingerprint density at radius 3 is 2.68 bits per heavy atom. The van der Waals surface area contributed by atoms with Gasteiger partial charge in [0.25, 0.3) is 5.91 Å². The molecule has 1 aliphatic rings. The number of ketones is 1. The van der Waals surface area contributed by atoms with Gasteiger partial charge in [-0.1, -0.05) is 20.8 Å². The topological polar surface area (TPSA) is 75.7 Å². The van der Waals surface area contributed by atoms with Crippen molar-refractivity contribution < 1.29 is 19.1 Å². The lowest BCUT2D eigenvalue weighted by atomic mass is 10.0. The van der Waals surface area contributed by atoms with Gasteiger partial charge in [0.15, 0.2) is 11.9 Å². The van der Waals surface area contributed by atoms with Crippen LogP contribution in [0, 0.1) is 5.92 Å². The van der Waals surface area contributed by atoms with Crippen molar-refractivity contribution in [3.8, 4) is 5.75 Å². The molecule has 0 spiro atoms. The number of ether oxygens (including phenoxy) is 1. The molecule has 0 bridgehead atoms. The third-order valence-corrected chi connectivity index (χ3v) is 3.98. The van der Waals surface area contributed by atoms with E-state index in [1.807, 2.05) is 20.8 Å². The van der Waals surface area contributed by atoms with E-state index in [0.29, 0.717) is 35.9 Å². The molecule has 0 saturated heterocycles. The van der Waals surface area contributed by atoms with Crippen LogP contribution < -0.4 is 15.0 Å². The van der Waals surface area contributed by atoms with Crippen LogP contribution in [0.5, 0.6) is 5.75 Å². The van der Waals surface area contributed by atoms with E-state index in [9.17, 15) is 14.4 Å². The second kappa shape index (κ2) is 8.14. The Morgan fingerprint density at radius 2 is 2.04 bits per heavy atom. The first-order valence-electron chi connectivity index (χ1n) is 8.75. The number of rotatable bonds is 7. The summed E-state index contributed by atoms with van der Waals surface area (Å²) in [5.41, 5.74) is 1.00. The number of amides is 2. The minimum atomic E-state index is -0.664. The van der Waals surface area contributed by atoms with E-state index in [0.717, 1.165) is 6.42 Å². The average Bonchev–Trinajstić information content (AvgIpc) is 2.57. The van der Waals surface area contributed by atoms with E-state index < -0.39 is 6.10 Å². The monoisotopic (exact) mass is 346 g/mol. The maximum Gasteiger partial charge on any atom is 0.268 e. The third kappa shape index (κ3) is 4.59. The number of carbonyl (C=O) groups excluding carboxylic acids is 3. The number of anilines is 1. The summed E-state index contributed by atoms with van der Waals surface area (Å²) in [5, 5.41) is 2.81. The predicted octanol–water partition coefficient (Wildman–Crippen LogP) is 2.56. The van der Waals surface area contributed by atoms with Crippen molar-refractivity contribution in [2.24, 2.45) is 5.92 Å². The Labute approximate surface area is 148 Å².